The van der Waals surface area contributed by atoms with E-state index in [0.29, 0.717) is 0 Å². The van der Waals surface area contributed by atoms with Crippen LogP contribution in [0.5, 0.6) is 5.75 Å². The summed E-state index contributed by atoms with van der Waals surface area (Å²) in [6, 6.07) is 8.17. The van der Waals surface area contributed by atoms with Gasteiger partial charge in [0.05, 0.1) is 18.8 Å². The summed E-state index contributed by atoms with van der Waals surface area (Å²) in [4.78, 5) is 0. The van der Waals surface area contributed by atoms with Crippen molar-refractivity contribution in [2.24, 2.45) is 7.05 Å². The summed E-state index contributed by atoms with van der Waals surface area (Å²) in [7, 11) is 3.64. The van der Waals surface area contributed by atoms with Crippen LogP contribution in [0.25, 0.3) is 0 Å². The molecule has 0 fully saturated rings. The summed E-state index contributed by atoms with van der Waals surface area (Å²) in [5, 5.41) is 7.73. The molecular weight excluding hydrogens is 306 g/mol. The Kier molecular flexibility index (Phi) is 4.61. The molecule has 1 aromatic carbocycles. The molecule has 5 heteroatoms. The average molecular weight is 324 g/mol. The summed E-state index contributed by atoms with van der Waals surface area (Å²) in [6.45, 7) is 2.96. The molecule has 0 aliphatic carbocycles. The van der Waals surface area contributed by atoms with E-state index in [-0.39, 0.29) is 6.04 Å². The summed E-state index contributed by atoms with van der Waals surface area (Å²) in [5.41, 5.74) is 2.22. The maximum atomic E-state index is 5.49. The quantitative estimate of drug-likeness (QED) is 0.919. The number of ether oxygens (including phenoxy) is 1. The second-order valence-corrected chi connectivity index (χ2v) is 5.17. The third-order valence-electron chi connectivity index (χ3n) is 3.07. The minimum absolute atomic E-state index is 0.0700. The molecule has 0 spiro atoms. The van der Waals surface area contributed by atoms with Crippen LogP contribution in [0.4, 0.5) is 0 Å². The highest BCUT2D eigenvalue weighted by Crippen LogP contribution is 2.32. The molecule has 0 saturated heterocycles. The van der Waals surface area contributed by atoms with Gasteiger partial charge in [-0.3, -0.25) is 4.68 Å². The fourth-order valence-electron chi connectivity index (χ4n) is 2.17. The largest absolute Gasteiger partial charge is 0.496 e. The van der Waals surface area contributed by atoms with Crippen LogP contribution in [0.15, 0.2) is 34.9 Å². The summed E-state index contributed by atoms with van der Waals surface area (Å²) >= 11 is 3.47. The molecule has 1 atom stereocenters. The first-order chi connectivity index (χ1) is 9.17. The first-order valence-electron chi connectivity index (χ1n) is 6.22. The zero-order chi connectivity index (χ0) is 13.8. The highest BCUT2D eigenvalue weighted by molar-refractivity contribution is 9.10. The maximum Gasteiger partial charge on any atom is 0.125 e. The predicted octanol–water partition coefficient (Wildman–Crippen LogP) is 2.89. The average Bonchev–Trinajstić information content (AvgIpc) is 2.82. The van der Waals surface area contributed by atoms with Gasteiger partial charge < -0.3 is 10.1 Å². The van der Waals surface area contributed by atoms with Gasteiger partial charge in [0.25, 0.3) is 0 Å². The zero-order valence-corrected chi connectivity index (χ0v) is 12.9. The number of nitrogens with one attached hydrogen (secondary N) is 1. The van der Waals surface area contributed by atoms with E-state index in [0.717, 1.165) is 28.0 Å². The van der Waals surface area contributed by atoms with Crippen LogP contribution in [-0.4, -0.2) is 23.4 Å². The fourth-order valence-corrected chi connectivity index (χ4v) is 2.51. The number of halogens is 1. The molecule has 1 heterocycles. The molecule has 2 rings (SSSR count). The van der Waals surface area contributed by atoms with Crippen molar-refractivity contribution < 1.29 is 4.74 Å². The first-order valence-corrected chi connectivity index (χ1v) is 7.01. The summed E-state index contributed by atoms with van der Waals surface area (Å²) in [6.07, 6.45) is 1.81. The SMILES string of the molecule is CCNC(c1ccc(Br)cc1OC)c1ccnn1C. The van der Waals surface area contributed by atoms with Crippen molar-refractivity contribution in [2.45, 2.75) is 13.0 Å². The minimum Gasteiger partial charge on any atom is -0.496 e. The molecule has 0 saturated carbocycles. The van der Waals surface area contributed by atoms with Crippen LogP contribution >= 0.6 is 15.9 Å². The normalized spacial score (nSPS) is 12.4. The number of methoxy groups -OCH3 is 1. The topological polar surface area (TPSA) is 39.1 Å². The van der Waals surface area contributed by atoms with Crippen LogP contribution < -0.4 is 10.1 Å². The number of benzene rings is 1. The molecule has 1 N–H and O–H groups in total. The molecule has 2 aromatic rings. The highest BCUT2D eigenvalue weighted by atomic mass is 79.9. The van der Waals surface area contributed by atoms with E-state index in [9.17, 15) is 0 Å². The van der Waals surface area contributed by atoms with E-state index in [4.69, 9.17) is 4.74 Å². The van der Waals surface area contributed by atoms with Crippen molar-refractivity contribution in [2.75, 3.05) is 13.7 Å². The van der Waals surface area contributed by atoms with E-state index in [1.807, 2.05) is 36.1 Å². The predicted molar refractivity (Wildman–Crippen MR) is 79.4 cm³/mol. The van der Waals surface area contributed by atoms with Gasteiger partial charge in [-0.05, 0) is 24.7 Å². The molecule has 102 valence electrons. The van der Waals surface area contributed by atoms with Gasteiger partial charge in [-0.2, -0.15) is 5.10 Å². The molecule has 0 aliphatic heterocycles. The molecule has 19 heavy (non-hydrogen) atoms. The number of rotatable bonds is 5. The lowest BCUT2D eigenvalue weighted by molar-refractivity contribution is 0.402. The van der Waals surface area contributed by atoms with Gasteiger partial charge in [-0.25, -0.2) is 0 Å². The minimum atomic E-state index is 0.0700. The number of nitrogens with zero attached hydrogens (tertiary/aromatic N) is 2. The monoisotopic (exact) mass is 323 g/mol. The number of aromatic nitrogens is 2. The van der Waals surface area contributed by atoms with Crippen LogP contribution in [0.3, 0.4) is 0 Å². The van der Waals surface area contributed by atoms with Crippen molar-refractivity contribution in [1.82, 2.24) is 15.1 Å². The Morgan fingerprint density at radius 1 is 1.42 bits per heavy atom. The van der Waals surface area contributed by atoms with Gasteiger partial charge in [0.2, 0.25) is 0 Å². The van der Waals surface area contributed by atoms with Crippen molar-refractivity contribution >= 4 is 15.9 Å². The Bertz CT molecular complexity index is 553. The first kappa shape index (κ1) is 14.1. The Hall–Kier alpha value is -1.33. The van der Waals surface area contributed by atoms with Gasteiger partial charge >= 0.3 is 0 Å². The highest BCUT2D eigenvalue weighted by Gasteiger charge is 2.20. The maximum absolute atomic E-state index is 5.49. The van der Waals surface area contributed by atoms with Crippen LogP contribution in [0.1, 0.15) is 24.2 Å². The van der Waals surface area contributed by atoms with Crippen LogP contribution in [0.2, 0.25) is 0 Å². The lowest BCUT2D eigenvalue weighted by Gasteiger charge is -2.21. The molecule has 0 bridgehead atoms. The van der Waals surface area contributed by atoms with E-state index in [1.54, 1.807) is 7.11 Å². The van der Waals surface area contributed by atoms with Crippen LogP contribution in [0, 0.1) is 0 Å². The van der Waals surface area contributed by atoms with Crippen molar-refractivity contribution in [3.05, 3.63) is 46.2 Å². The molecular formula is C14H18BrN3O. The van der Waals surface area contributed by atoms with E-state index in [1.165, 1.54) is 0 Å². The van der Waals surface area contributed by atoms with E-state index < -0.39 is 0 Å². The summed E-state index contributed by atoms with van der Waals surface area (Å²) in [5.74, 6) is 0.863. The second-order valence-electron chi connectivity index (χ2n) is 4.26. The third kappa shape index (κ3) is 2.98. The van der Waals surface area contributed by atoms with Gasteiger partial charge in [0.1, 0.15) is 5.75 Å². The van der Waals surface area contributed by atoms with Crippen molar-refractivity contribution in [3.63, 3.8) is 0 Å². The molecule has 0 amide bonds. The van der Waals surface area contributed by atoms with Gasteiger partial charge in [-0.15, -0.1) is 0 Å². The third-order valence-corrected chi connectivity index (χ3v) is 3.56. The van der Waals surface area contributed by atoms with Gasteiger partial charge in [0, 0.05) is 23.3 Å². The van der Waals surface area contributed by atoms with Gasteiger partial charge in [0.15, 0.2) is 0 Å². The number of aryl methyl sites for hydroxylation is 1. The molecule has 1 aromatic heterocycles. The Morgan fingerprint density at radius 3 is 2.79 bits per heavy atom. The lowest BCUT2D eigenvalue weighted by atomic mass is 10.0. The Labute approximate surface area is 121 Å². The van der Waals surface area contributed by atoms with Crippen molar-refractivity contribution in [1.29, 1.82) is 0 Å². The molecule has 0 aliphatic rings. The Balaban J connectivity index is 2.48. The summed E-state index contributed by atoms with van der Waals surface area (Å²) < 4.78 is 8.38. The fraction of sp³-hybridized carbons (Fsp3) is 0.357. The molecule has 0 radical (unpaired) electrons. The van der Waals surface area contributed by atoms with E-state index in [2.05, 4.69) is 39.3 Å². The number of hydrogen-bond acceptors (Lipinski definition) is 3. The second kappa shape index (κ2) is 6.21. The zero-order valence-electron chi connectivity index (χ0n) is 11.4. The van der Waals surface area contributed by atoms with E-state index >= 15 is 0 Å². The Morgan fingerprint density at radius 2 is 2.21 bits per heavy atom. The number of hydrogen-bond donors (Lipinski definition) is 1. The van der Waals surface area contributed by atoms with Gasteiger partial charge in [-0.1, -0.05) is 28.9 Å². The molecule has 1 unspecified atom stereocenters. The molecule has 4 nitrogen and oxygen atoms in total. The smallest absolute Gasteiger partial charge is 0.125 e. The standard InChI is InChI=1S/C14H18BrN3O/c1-4-16-14(12-7-8-17-18(12)2)11-6-5-10(15)9-13(11)19-3/h5-9,14,16H,4H2,1-3H3. The van der Waals surface area contributed by atoms with Crippen LogP contribution in [-0.2, 0) is 7.05 Å². The lowest BCUT2D eigenvalue weighted by Crippen LogP contribution is -2.24. The van der Waals surface area contributed by atoms with Crippen molar-refractivity contribution in [3.8, 4) is 5.75 Å².